The maximum absolute atomic E-state index is 14.3. The molecular weight excluding hydrogens is 444 g/mol. The van der Waals surface area contributed by atoms with E-state index in [2.05, 4.69) is 15.2 Å². The van der Waals surface area contributed by atoms with E-state index in [0.29, 0.717) is 35.2 Å². The Morgan fingerprint density at radius 1 is 1.26 bits per heavy atom. The van der Waals surface area contributed by atoms with Gasteiger partial charge in [-0.3, -0.25) is 19.7 Å². The molecule has 2 saturated heterocycles. The normalized spacial score (nSPS) is 20.4. The number of hydrogen-bond acceptors (Lipinski definition) is 5. The van der Waals surface area contributed by atoms with Crippen LogP contribution in [0.5, 0.6) is 0 Å². The summed E-state index contributed by atoms with van der Waals surface area (Å²) in [5, 5.41) is 13.7. The Balaban J connectivity index is 1.50. The lowest BCUT2D eigenvalue weighted by molar-refractivity contribution is -0.124. The number of carbonyl (C=O) groups excluding carboxylic acids is 2. The first kappa shape index (κ1) is 22.4. The summed E-state index contributed by atoms with van der Waals surface area (Å²) in [5.41, 5.74) is 1.98. The van der Waals surface area contributed by atoms with E-state index in [-0.39, 0.29) is 24.1 Å². The molecule has 0 saturated carbocycles. The van der Waals surface area contributed by atoms with Gasteiger partial charge in [0, 0.05) is 49.9 Å². The molecule has 2 aliphatic heterocycles. The van der Waals surface area contributed by atoms with Crippen molar-refractivity contribution in [3.63, 3.8) is 0 Å². The summed E-state index contributed by atoms with van der Waals surface area (Å²) in [7, 11) is 1.23. The van der Waals surface area contributed by atoms with Gasteiger partial charge >= 0.3 is 0 Å². The fourth-order valence-electron chi connectivity index (χ4n) is 4.99. The summed E-state index contributed by atoms with van der Waals surface area (Å²) in [5.74, 6) is -1.51. The van der Waals surface area contributed by atoms with Crippen molar-refractivity contribution in [1.82, 2.24) is 24.8 Å². The highest BCUT2D eigenvalue weighted by molar-refractivity contribution is 5.96. The standard InChI is InChI=1S/C24H25F2N5O3/c1-29(34)24(33)21-7-18-16(10-30-5-4-14-8-28-23(32)19(14)13-30)12-31(22(18)9-27-21)11-15-2-3-17(25)6-20(15)26/h2-3,6-7,9,12,14,19,34H,4-5,8,10-11,13H2,1H3,(H,28,32)/t14-,19+/m1/s1. The van der Waals surface area contributed by atoms with E-state index in [1.165, 1.54) is 25.4 Å². The number of nitrogens with zero attached hydrogens (tertiary/aromatic N) is 4. The summed E-state index contributed by atoms with van der Waals surface area (Å²) >= 11 is 0. The lowest BCUT2D eigenvalue weighted by Gasteiger charge is -2.33. The molecule has 2 fully saturated rings. The fourth-order valence-corrected chi connectivity index (χ4v) is 4.99. The lowest BCUT2D eigenvalue weighted by Crippen LogP contribution is -2.40. The first-order chi connectivity index (χ1) is 16.3. The minimum atomic E-state index is -0.645. The predicted molar refractivity (Wildman–Crippen MR) is 119 cm³/mol. The van der Waals surface area contributed by atoms with Crippen LogP contribution in [0, 0.1) is 23.5 Å². The molecule has 3 aromatic rings. The van der Waals surface area contributed by atoms with Crippen molar-refractivity contribution in [2.45, 2.75) is 19.5 Å². The van der Waals surface area contributed by atoms with Gasteiger partial charge in [-0.15, -0.1) is 0 Å². The first-order valence-electron chi connectivity index (χ1n) is 11.2. The number of piperidine rings is 1. The van der Waals surface area contributed by atoms with Crippen LogP contribution in [0.15, 0.2) is 36.7 Å². The van der Waals surface area contributed by atoms with Gasteiger partial charge in [0.1, 0.15) is 17.3 Å². The zero-order valence-corrected chi connectivity index (χ0v) is 18.7. The average Bonchev–Trinajstić information content (AvgIpc) is 3.35. The SMILES string of the molecule is CN(O)C(=O)c1cc2c(CN3CC[C@@H]4CNC(=O)[C@H]4C3)cn(Cc3ccc(F)cc3F)c2cn1. The highest BCUT2D eigenvalue weighted by atomic mass is 19.1. The molecule has 0 spiro atoms. The van der Waals surface area contributed by atoms with E-state index in [1.807, 2.05) is 10.8 Å². The average molecular weight is 469 g/mol. The summed E-state index contributed by atoms with van der Waals surface area (Å²) < 4.78 is 29.5. The Hall–Kier alpha value is -3.37. The molecule has 2 atom stereocenters. The van der Waals surface area contributed by atoms with E-state index >= 15 is 0 Å². The summed E-state index contributed by atoms with van der Waals surface area (Å²) in [6.07, 6.45) is 4.32. The van der Waals surface area contributed by atoms with Crippen molar-refractivity contribution < 1.29 is 23.6 Å². The van der Waals surface area contributed by atoms with Crippen LogP contribution in [0.4, 0.5) is 8.78 Å². The zero-order valence-electron chi connectivity index (χ0n) is 18.7. The molecule has 0 radical (unpaired) electrons. The van der Waals surface area contributed by atoms with Crippen molar-refractivity contribution in [1.29, 1.82) is 0 Å². The molecule has 4 heterocycles. The Morgan fingerprint density at radius 2 is 2.09 bits per heavy atom. The minimum absolute atomic E-state index is 0.0303. The lowest BCUT2D eigenvalue weighted by atomic mass is 9.88. The monoisotopic (exact) mass is 469 g/mol. The summed E-state index contributed by atoms with van der Waals surface area (Å²) in [6.45, 7) is 2.91. The second-order valence-electron chi connectivity index (χ2n) is 9.07. The molecule has 0 unspecified atom stereocenters. The van der Waals surface area contributed by atoms with E-state index in [9.17, 15) is 23.6 Å². The third-order valence-electron chi connectivity index (χ3n) is 6.83. The Morgan fingerprint density at radius 3 is 2.85 bits per heavy atom. The van der Waals surface area contributed by atoms with E-state index in [0.717, 1.165) is 36.5 Å². The summed E-state index contributed by atoms with van der Waals surface area (Å²) in [4.78, 5) is 30.9. The van der Waals surface area contributed by atoms with Crippen LogP contribution >= 0.6 is 0 Å². The second-order valence-corrected chi connectivity index (χ2v) is 9.07. The van der Waals surface area contributed by atoms with Gasteiger partial charge in [-0.2, -0.15) is 0 Å². The molecule has 0 aliphatic carbocycles. The number of aromatic nitrogens is 2. The number of benzene rings is 1. The largest absolute Gasteiger partial charge is 0.356 e. The van der Waals surface area contributed by atoms with Crippen LogP contribution in [0.2, 0.25) is 0 Å². The van der Waals surface area contributed by atoms with Crippen LogP contribution < -0.4 is 5.32 Å². The van der Waals surface area contributed by atoms with Crippen LogP contribution in [-0.2, 0) is 17.9 Å². The molecule has 178 valence electrons. The van der Waals surface area contributed by atoms with Crippen molar-refractivity contribution in [3.8, 4) is 0 Å². The molecule has 5 rings (SSSR count). The first-order valence-corrected chi connectivity index (χ1v) is 11.2. The smallest absolute Gasteiger partial charge is 0.295 e. The van der Waals surface area contributed by atoms with Gasteiger partial charge in [-0.1, -0.05) is 6.07 Å². The van der Waals surface area contributed by atoms with Crippen LogP contribution in [0.25, 0.3) is 10.9 Å². The Labute approximate surface area is 194 Å². The third-order valence-corrected chi connectivity index (χ3v) is 6.83. The van der Waals surface area contributed by atoms with E-state index in [4.69, 9.17) is 0 Å². The third kappa shape index (κ3) is 4.14. The van der Waals surface area contributed by atoms with Gasteiger partial charge < -0.3 is 9.88 Å². The molecule has 2 amide bonds. The fraction of sp³-hybridized carbons (Fsp3) is 0.375. The summed E-state index contributed by atoms with van der Waals surface area (Å²) in [6, 6.07) is 5.09. The zero-order chi connectivity index (χ0) is 24.0. The Bertz CT molecular complexity index is 1270. The molecular formula is C24H25F2N5O3. The number of hydrogen-bond donors (Lipinski definition) is 2. The van der Waals surface area contributed by atoms with E-state index < -0.39 is 17.5 Å². The molecule has 2 aliphatic rings. The van der Waals surface area contributed by atoms with E-state index in [1.54, 1.807) is 6.07 Å². The maximum atomic E-state index is 14.3. The molecule has 1 aromatic carbocycles. The molecule has 10 heteroatoms. The molecule has 8 nitrogen and oxygen atoms in total. The van der Waals surface area contributed by atoms with Crippen LogP contribution in [0.3, 0.4) is 0 Å². The van der Waals surface area contributed by atoms with Crippen molar-refractivity contribution in [2.24, 2.45) is 11.8 Å². The van der Waals surface area contributed by atoms with Gasteiger partial charge in [0.05, 0.1) is 24.2 Å². The minimum Gasteiger partial charge on any atom is -0.356 e. The Kier molecular flexibility index (Phi) is 5.78. The molecule has 0 bridgehead atoms. The van der Waals surface area contributed by atoms with Crippen molar-refractivity contribution >= 4 is 22.7 Å². The number of fused-ring (bicyclic) bond motifs is 2. The van der Waals surface area contributed by atoms with Crippen LogP contribution in [-0.4, -0.2) is 63.2 Å². The number of rotatable bonds is 5. The predicted octanol–water partition coefficient (Wildman–Crippen LogP) is 2.39. The molecule has 2 aromatic heterocycles. The quantitative estimate of drug-likeness (QED) is 0.442. The second kappa shape index (κ2) is 8.77. The number of nitrogens with one attached hydrogen (secondary N) is 1. The van der Waals surface area contributed by atoms with Gasteiger partial charge in [-0.25, -0.2) is 18.8 Å². The van der Waals surface area contributed by atoms with Crippen LogP contribution in [0.1, 0.15) is 28.0 Å². The van der Waals surface area contributed by atoms with Gasteiger partial charge in [0.15, 0.2) is 0 Å². The van der Waals surface area contributed by atoms with Crippen molar-refractivity contribution in [3.05, 3.63) is 65.1 Å². The molecule has 34 heavy (non-hydrogen) atoms. The number of halogens is 2. The number of pyridine rings is 1. The highest BCUT2D eigenvalue weighted by Crippen LogP contribution is 2.30. The number of likely N-dealkylation sites (tertiary alicyclic amines) is 1. The van der Waals surface area contributed by atoms with Gasteiger partial charge in [-0.05, 0) is 36.6 Å². The number of amides is 2. The topological polar surface area (TPSA) is 90.7 Å². The maximum Gasteiger partial charge on any atom is 0.295 e. The van der Waals surface area contributed by atoms with Gasteiger partial charge in [0.2, 0.25) is 5.91 Å². The van der Waals surface area contributed by atoms with Crippen molar-refractivity contribution in [2.75, 3.05) is 26.7 Å². The number of hydroxylamine groups is 2. The van der Waals surface area contributed by atoms with Gasteiger partial charge in [0.25, 0.3) is 5.91 Å². The number of carbonyl (C=O) groups is 2. The molecule has 2 N–H and O–H groups in total. The highest BCUT2D eigenvalue weighted by Gasteiger charge is 2.39.